The zero-order valence-corrected chi connectivity index (χ0v) is 13.6. The van der Waals surface area contributed by atoms with E-state index in [0.29, 0.717) is 0 Å². The molecule has 2 aromatic heterocycles. The Morgan fingerprint density at radius 2 is 2.04 bits per heavy atom. The first kappa shape index (κ1) is 14.1. The summed E-state index contributed by atoms with van der Waals surface area (Å²) >= 11 is 0. The highest BCUT2D eigenvalue weighted by Crippen LogP contribution is 2.34. The fraction of sp³-hybridized carbons (Fsp3) is 0.316. The molecule has 0 bridgehead atoms. The average Bonchev–Trinajstić information content (AvgIpc) is 3.12. The summed E-state index contributed by atoms with van der Waals surface area (Å²) in [5.74, 6) is 1.95. The van der Waals surface area contributed by atoms with Gasteiger partial charge >= 0.3 is 0 Å². The van der Waals surface area contributed by atoms with Crippen molar-refractivity contribution < 1.29 is 4.42 Å². The van der Waals surface area contributed by atoms with Gasteiger partial charge in [0.2, 0.25) is 0 Å². The van der Waals surface area contributed by atoms with Gasteiger partial charge in [-0.3, -0.25) is 0 Å². The minimum atomic E-state index is 0.840. The van der Waals surface area contributed by atoms with Crippen LogP contribution < -0.4 is 5.32 Å². The fourth-order valence-electron chi connectivity index (χ4n) is 3.16. The predicted molar refractivity (Wildman–Crippen MR) is 92.2 cm³/mol. The minimum absolute atomic E-state index is 0.840. The molecule has 0 saturated carbocycles. The van der Waals surface area contributed by atoms with E-state index < -0.39 is 0 Å². The number of fused-ring (bicyclic) bond motifs is 1. The van der Waals surface area contributed by atoms with Crippen molar-refractivity contribution in [3.63, 3.8) is 0 Å². The number of rotatable bonds is 2. The van der Waals surface area contributed by atoms with E-state index in [-0.39, 0.29) is 0 Å². The Labute approximate surface area is 136 Å². The fourth-order valence-corrected chi connectivity index (χ4v) is 3.16. The summed E-state index contributed by atoms with van der Waals surface area (Å²) < 4.78 is 7.65. The van der Waals surface area contributed by atoms with E-state index in [4.69, 9.17) is 9.52 Å². The maximum absolute atomic E-state index is 5.61. The standard InChI is InChI=1S/C19H21N3O/c1-13-8-9-15(12-14(13)2)22-19-16(6-3-4-10-20-19)18(21-22)17-7-5-11-23-17/h5,7-9,11-12,20H,3-4,6,10H2,1-2H3. The van der Waals surface area contributed by atoms with Gasteiger partial charge in [-0.15, -0.1) is 0 Å². The number of nitrogens with one attached hydrogen (secondary N) is 1. The molecule has 0 unspecified atom stereocenters. The summed E-state index contributed by atoms with van der Waals surface area (Å²) in [6.07, 6.45) is 5.09. The third-order valence-electron chi connectivity index (χ3n) is 4.62. The number of nitrogens with zero attached hydrogens (tertiary/aromatic N) is 2. The molecule has 1 N–H and O–H groups in total. The lowest BCUT2D eigenvalue weighted by molar-refractivity contribution is 0.578. The van der Waals surface area contributed by atoms with E-state index in [2.05, 4.69) is 37.4 Å². The van der Waals surface area contributed by atoms with Gasteiger partial charge in [0.15, 0.2) is 5.76 Å². The van der Waals surface area contributed by atoms with Crippen LogP contribution in [0.15, 0.2) is 41.0 Å². The maximum Gasteiger partial charge on any atom is 0.154 e. The quantitative estimate of drug-likeness (QED) is 0.758. The summed E-state index contributed by atoms with van der Waals surface area (Å²) in [5, 5.41) is 8.44. The molecular formula is C19H21N3O. The Bertz CT molecular complexity index is 831. The summed E-state index contributed by atoms with van der Waals surface area (Å²) in [5.41, 5.74) is 5.89. The predicted octanol–water partition coefficient (Wildman–Crippen LogP) is 4.50. The number of furan rings is 1. The van der Waals surface area contributed by atoms with Crippen LogP contribution in [0.3, 0.4) is 0 Å². The van der Waals surface area contributed by atoms with E-state index >= 15 is 0 Å². The average molecular weight is 307 g/mol. The normalized spacial score (nSPS) is 14.2. The monoisotopic (exact) mass is 307 g/mol. The molecule has 0 atom stereocenters. The molecule has 1 aliphatic heterocycles. The van der Waals surface area contributed by atoms with Gasteiger partial charge in [0.05, 0.1) is 12.0 Å². The maximum atomic E-state index is 5.61. The van der Waals surface area contributed by atoms with Crippen molar-refractivity contribution in [1.82, 2.24) is 9.78 Å². The van der Waals surface area contributed by atoms with Gasteiger partial charge in [0.1, 0.15) is 11.5 Å². The highest BCUT2D eigenvalue weighted by molar-refractivity contribution is 5.68. The molecule has 0 amide bonds. The van der Waals surface area contributed by atoms with Crippen LogP contribution in [-0.4, -0.2) is 16.3 Å². The van der Waals surface area contributed by atoms with Crippen molar-refractivity contribution >= 4 is 5.82 Å². The van der Waals surface area contributed by atoms with Crippen LogP contribution in [-0.2, 0) is 6.42 Å². The van der Waals surface area contributed by atoms with Gasteiger partial charge in [-0.25, -0.2) is 4.68 Å². The van der Waals surface area contributed by atoms with Gasteiger partial charge in [-0.1, -0.05) is 6.07 Å². The third-order valence-corrected chi connectivity index (χ3v) is 4.62. The van der Waals surface area contributed by atoms with Crippen LogP contribution in [0.2, 0.25) is 0 Å². The van der Waals surface area contributed by atoms with Crippen molar-refractivity contribution in [3.8, 4) is 17.1 Å². The van der Waals surface area contributed by atoms with Gasteiger partial charge in [0, 0.05) is 12.1 Å². The lowest BCUT2D eigenvalue weighted by atomic mass is 10.1. The molecule has 0 spiro atoms. The number of anilines is 1. The third kappa shape index (κ3) is 2.44. The topological polar surface area (TPSA) is 43.0 Å². The van der Waals surface area contributed by atoms with Gasteiger partial charge < -0.3 is 9.73 Å². The van der Waals surface area contributed by atoms with E-state index in [9.17, 15) is 0 Å². The Morgan fingerprint density at radius 1 is 1.13 bits per heavy atom. The van der Waals surface area contributed by atoms with Crippen molar-refractivity contribution in [2.75, 3.05) is 11.9 Å². The van der Waals surface area contributed by atoms with Crippen molar-refractivity contribution in [2.45, 2.75) is 33.1 Å². The van der Waals surface area contributed by atoms with Crippen LogP contribution in [0.25, 0.3) is 17.1 Å². The summed E-state index contributed by atoms with van der Waals surface area (Å²) in [6, 6.07) is 10.4. The first-order valence-electron chi connectivity index (χ1n) is 8.21. The highest BCUT2D eigenvalue weighted by Gasteiger charge is 2.23. The van der Waals surface area contributed by atoms with Crippen LogP contribution in [0.5, 0.6) is 0 Å². The lowest BCUT2D eigenvalue weighted by Gasteiger charge is -2.10. The molecule has 4 nitrogen and oxygen atoms in total. The molecule has 4 heteroatoms. The van der Waals surface area contributed by atoms with E-state index in [0.717, 1.165) is 35.9 Å². The Hall–Kier alpha value is -2.49. The second kappa shape index (κ2) is 5.61. The molecule has 4 rings (SSSR count). The summed E-state index contributed by atoms with van der Waals surface area (Å²) in [6.45, 7) is 5.26. The van der Waals surface area contributed by atoms with E-state index in [1.165, 1.54) is 29.5 Å². The van der Waals surface area contributed by atoms with Crippen molar-refractivity contribution in [2.24, 2.45) is 0 Å². The smallest absolute Gasteiger partial charge is 0.154 e. The Balaban J connectivity index is 1.91. The molecule has 3 heterocycles. The molecule has 118 valence electrons. The van der Waals surface area contributed by atoms with Crippen LogP contribution in [0, 0.1) is 13.8 Å². The molecule has 0 saturated heterocycles. The second-order valence-corrected chi connectivity index (χ2v) is 6.22. The molecule has 0 fully saturated rings. The number of hydrogen-bond acceptors (Lipinski definition) is 3. The van der Waals surface area contributed by atoms with E-state index in [1.54, 1.807) is 6.26 Å². The minimum Gasteiger partial charge on any atom is -0.463 e. The highest BCUT2D eigenvalue weighted by atomic mass is 16.3. The van der Waals surface area contributed by atoms with E-state index in [1.807, 2.05) is 16.8 Å². The van der Waals surface area contributed by atoms with Gasteiger partial charge in [-0.05, 0) is 68.5 Å². The van der Waals surface area contributed by atoms with Crippen molar-refractivity contribution in [1.29, 1.82) is 0 Å². The van der Waals surface area contributed by atoms with Gasteiger partial charge in [0.25, 0.3) is 0 Å². The second-order valence-electron chi connectivity index (χ2n) is 6.22. The van der Waals surface area contributed by atoms with Crippen LogP contribution >= 0.6 is 0 Å². The zero-order chi connectivity index (χ0) is 15.8. The first-order valence-corrected chi connectivity index (χ1v) is 8.21. The number of benzene rings is 1. The van der Waals surface area contributed by atoms with Crippen LogP contribution in [0.1, 0.15) is 29.5 Å². The summed E-state index contributed by atoms with van der Waals surface area (Å²) in [4.78, 5) is 0. The number of aryl methyl sites for hydroxylation is 2. The summed E-state index contributed by atoms with van der Waals surface area (Å²) in [7, 11) is 0. The SMILES string of the molecule is Cc1ccc(-n2nc(-c3ccco3)c3c2NCCCC3)cc1C. The molecule has 3 aromatic rings. The number of aromatic nitrogens is 2. The largest absolute Gasteiger partial charge is 0.463 e. The number of hydrogen-bond donors (Lipinski definition) is 1. The first-order chi connectivity index (χ1) is 11.2. The lowest BCUT2D eigenvalue weighted by Crippen LogP contribution is -2.07. The van der Waals surface area contributed by atoms with Crippen LogP contribution in [0.4, 0.5) is 5.82 Å². The zero-order valence-electron chi connectivity index (χ0n) is 13.6. The molecular weight excluding hydrogens is 286 g/mol. The molecule has 1 aliphatic rings. The molecule has 23 heavy (non-hydrogen) atoms. The van der Waals surface area contributed by atoms with Gasteiger partial charge in [-0.2, -0.15) is 5.10 Å². The van der Waals surface area contributed by atoms with Crippen molar-refractivity contribution in [3.05, 3.63) is 53.3 Å². The molecule has 1 aromatic carbocycles. The Morgan fingerprint density at radius 3 is 2.83 bits per heavy atom. The molecule has 0 aliphatic carbocycles. The Kier molecular flexibility index (Phi) is 3.45. The molecule has 0 radical (unpaired) electrons.